The van der Waals surface area contributed by atoms with Crippen LogP contribution in [0.5, 0.6) is 0 Å². The summed E-state index contributed by atoms with van der Waals surface area (Å²) in [6, 6.07) is 6.94. The zero-order chi connectivity index (χ0) is 12.3. The Morgan fingerprint density at radius 2 is 2.12 bits per heavy atom. The molecule has 0 amide bonds. The number of nitrogen functional groups attached to an aromatic ring is 1. The van der Waals surface area contributed by atoms with Crippen molar-refractivity contribution < 1.29 is 9.53 Å². The lowest BCUT2D eigenvalue weighted by Crippen LogP contribution is -2.32. The maximum atomic E-state index is 11.3. The predicted octanol–water partition coefficient (Wildman–Crippen LogP) is 0.470. The van der Waals surface area contributed by atoms with Crippen molar-refractivity contribution in [2.45, 2.75) is 6.04 Å². The van der Waals surface area contributed by atoms with E-state index in [-0.39, 0.29) is 11.9 Å². The fraction of sp³-hybridized carbons (Fsp3) is 0.182. The average molecular weight is 232 g/mol. The number of hydrazone groups is 1. The number of hydrogen-bond acceptors (Lipinski definition) is 6. The number of aliphatic imine (C=N–C) groups is 1. The molecule has 0 fully saturated rings. The summed E-state index contributed by atoms with van der Waals surface area (Å²) >= 11 is 0. The first kappa shape index (κ1) is 11.1. The summed E-state index contributed by atoms with van der Waals surface area (Å²) in [6.45, 7) is 0. The Hall–Kier alpha value is -2.37. The van der Waals surface area contributed by atoms with E-state index < -0.39 is 5.97 Å². The Labute approximate surface area is 98.2 Å². The van der Waals surface area contributed by atoms with E-state index in [2.05, 4.69) is 20.3 Å². The van der Waals surface area contributed by atoms with Crippen LogP contribution in [0.25, 0.3) is 0 Å². The molecule has 0 radical (unpaired) electrons. The van der Waals surface area contributed by atoms with Gasteiger partial charge in [0.05, 0.1) is 13.3 Å². The summed E-state index contributed by atoms with van der Waals surface area (Å²) in [5.74, 6) is -0.445. The van der Waals surface area contributed by atoms with Gasteiger partial charge in [0.25, 0.3) is 0 Å². The number of esters is 1. The van der Waals surface area contributed by atoms with E-state index in [9.17, 15) is 4.79 Å². The van der Waals surface area contributed by atoms with E-state index in [4.69, 9.17) is 5.73 Å². The van der Waals surface area contributed by atoms with Crippen LogP contribution in [-0.4, -0.2) is 25.1 Å². The summed E-state index contributed by atoms with van der Waals surface area (Å²) in [6.07, 6.45) is 1.61. The van der Waals surface area contributed by atoms with Crippen molar-refractivity contribution >= 4 is 23.7 Å². The third-order valence-electron chi connectivity index (χ3n) is 2.31. The van der Waals surface area contributed by atoms with Crippen molar-refractivity contribution in [1.29, 1.82) is 0 Å². The molecule has 1 aliphatic rings. The number of carbonyl (C=O) groups excluding carboxylic acids is 1. The molecule has 1 heterocycles. The van der Waals surface area contributed by atoms with Crippen molar-refractivity contribution in [3.8, 4) is 0 Å². The number of nitrogens with zero attached hydrogens (tertiary/aromatic N) is 2. The van der Waals surface area contributed by atoms with Crippen LogP contribution in [0, 0.1) is 0 Å². The highest BCUT2D eigenvalue weighted by molar-refractivity contribution is 6.35. The molecule has 6 heteroatoms. The van der Waals surface area contributed by atoms with Crippen LogP contribution >= 0.6 is 0 Å². The lowest BCUT2D eigenvalue weighted by Gasteiger charge is -2.14. The molecule has 1 aromatic rings. The van der Waals surface area contributed by atoms with E-state index >= 15 is 0 Å². The highest BCUT2D eigenvalue weighted by Gasteiger charge is 2.18. The topological polar surface area (TPSA) is 89.1 Å². The lowest BCUT2D eigenvalue weighted by atomic mass is 10.1. The van der Waals surface area contributed by atoms with Crippen molar-refractivity contribution in [1.82, 2.24) is 5.43 Å². The molecule has 0 aromatic heterocycles. The highest BCUT2D eigenvalue weighted by Crippen LogP contribution is 2.18. The smallest absolute Gasteiger partial charge is 0.375 e. The van der Waals surface area contributed by atoms with Gasteiger partial charge in [0.1, 0.15) is 6.04 Å². The zero-order valence-corrected chi connectivity index (χ0v) is 9.25. The molecule has 2 rings (SSSR count). The number of carbonyl (C=O) groups is 1. The number of hydrogen-bond donors (Lipinski definition) is 2. The molecule has 0 spiro atoms. The highest BCUT2D eigenvalue weighted by atomic mass is 16.5. The Bertz CT molecular complexity index is 479. The number of nitrogens with two attached hydrogens (primary N) is 1. The van der Waals surface area contributed by atoms with Crippen molar-refractivity contribution in [3.05, 3.63) is 29.8 Å². The lowest BCUT2D eigenvalue weighted by molar-refractivity contribution is -0.133. The molecule has 0 aliphatic carbocycles. The standard InChI is InChI=1S/C11H12N4O2/c1-17-11(16)10-14-9(6-13-15-10)7-2-4-8(12)5-3-7/h2-6,9H,12H2,1H3,(H,14,15). The Kier molecular flexibility index (Phi) is 3.04. The van der Waals surface area contributed by atoms with Gasteiger partial charge in [-0.15, -0.1) is 0 Å². The molecule has 1 unspecified atom stereocenters. The quantitative estimate of drug-likeness (QED) is 0.573. The summed E-state index contributed by atoms with van der Waals surface area (Å²) in [5.41, 5.74) is 9.68. The predicted molar refractivity (Wildman–Crippen MR) is 64.7 cm³/mol. The molecular formula is C11H12N4O2. The average Bonchev–Trinajstić information content (AvgIpc) is 2.39. The van der Waals surface area contributed by atoms with E-state index in [0.29, 0.717) is 5.69 Å². The first-order valence-electron chi connectivity index (χ1n) is 5.01. The molecule has 17 heavy (non-hydrogen) atoms. The van der Waals surface area contributed by atoms with Gasteiger partial charge in [-0.25, -0.2) is 9.79 Å². The summed E-state index contributed by atoms with van der Waals surface area (Å²) in [5, 5.41) is 3.87. The molecule has 0 bridgehead atoms. The van der Waals surface area contributed by atoms with Gasteiger partial charge in [0, 0.05) is 5.69 Å². The Morgan fingerprint density at radius 1 is 1.41 bits per heavy atom. The monoisotopic (exact) mass is 232 g/mol. The van der Waals surface area contributed by atoms with Crippen molar-refractivity contribution in [2.24, 2.45) is 10.1 Å². The number of anilines is 1. The van der Waals surface area contributed by atoms with Gasteiger partial charge in [-0.2, -0.15) is 5.10 Å². The summed E-state index contributed by atoms with van der Waals surface area (Å²) in [7, 11) is 1.29. The number of amidine groups is 1. The second-order valence-electron chi connectivity index (χ2n) is 3.47. The molecular weight excluding hydrogens is 220 g/mol. The summed E-state index contributed by atoms with van der Waals surface area (Å²) in [4.78, 5) is 15.5. The van der Waals surface area contributed by atoms with E-state index in [1.807, 2.05) is 12.1 Å². The van der Waals surface area contributed by atoms with Gasteiger partial charge in [0.15, 0.2) is 0 Å². The second kappa shape index (κ2) is 4.65. The molecule has 3 N–H and O–H groups in total. The van der Waals surface area contributed by atoms with Gasteiger partial charge < -0.3 is 10.5 Å². The third-order valence-corrected chi connectivity index (χ3v) is 2.31. The number of ether oxygens (including phenoxy) is 1. The SMILES string of the molecule is COC(=O)C1=NC(c2ccc(N)cc2)C=NN1. The van der Waals surface area contributed by atoms with Crippen molar-refractivity contribution in [3.63, 3.8) is 0 Å². The summed E-state index contributed by atoms with van der Waals surface area (Å²) < 4.78 is 4.57. The maximum Gasteiger partial charge on any atom is 0.375 e. The first-order valence-corrected chi connectivity index (χ1v) is 5.01. The van der Waals surface area contributed by atoms with Crippen LogP contribution in [0.4, 0.5) is 5.69 Å². The Balaban J connectivity index is 2.24. The molecule has 6 nitrogen and oxygen atoms in total. The zero-order valence-electron chi connectivity index (χ0n) is 9.25. The largest absolute Gasteiger partial charge is 0.463 e. The van der Waals surface area contributed by atoms with Crippen LogP contribution in [0.3, 0.4) is 0 Å². The minimum absolute atomic E-state index is 0.0943. The van der Waals surface area contributed by atoms with Gasteiger partial charge >= 0.3 is 5.97 Å². The van der Waals surface area contributed by atoms with Gasteiger partial charge in [-0.3, -0.25) is 5.43 Å². The first-order chi connectivity index (χ1) is 8.20. The number of rotatable bonds is 2. The minimum atomic E-state index is -0.540. The van der Waals surface area contributed by atoms with Gasteiger partial charge in [-0.05, 0) is 17.7 Å². The van der Waals surface area contributed by atoms with Crippen LogP contribution in [0.15, 0.2) is 34.4 Å². The van der Waals surface area contributed by atoms with E-state index in [0.717, 1.165) is 5.56 Å². The maximum absolute atomic E-state index is 11.3. The van der Waals surface area contributed by atoms with E-state index in [1.54, 1.807) is 18.3 Å². The van der Waals surface area contributed by atoms with Crippen LogP contribution in [-0.2, 0) is 9.53 Å². The van der Waals surface area contributed by atoms with Crippen LogP contribution in [0.1, 0.15) is 11.6 Å². The van der Waals surface area contributed by atoms with Crippen molar-refractivity contribution in [2.75, 3.05) is 12.8 Å². The Morgan fingerprint density at radius 3 is 2.76 bits per heavy atom. The molecule has 1 atom stereocenters. The third kappa shape index (κ3) is 2.41. The molecule has 1 aromatic carbocycles. The van der Waals surface area contributed by atoms with Crippen LogP contribution in [0.2, 0.25) is 0 Å². The number of methoxy groups -OCH3 is 1. The van der Waals surface area contributed by atoms with Gasteiger partial charge in [0.2, 0.25) is 5.84 Å². The van der Waals surface area contributed by atoms with Gasteiger partial charge in [-0.1, -0.05) is 12.1 Å². The molecule has 1 aliphatic heterocycles. The molecule has 88 valence electrons. The van der Waals surface area contributed by atoms with E-state index in [1.165, 1.54) is 7.11 Å². The van der Waals surface area contributed by atoms with Crippen LogP contribution < -0.4 is 11.2 Å². The number of nitrogens with one attached hydrogen (secondary N) is 1. The second-order valence-corrected chi connectivity index (χ2v) is 3.47. The normalized spacial score (nSPS) is 18.2. The number of benzene rings is 1. The molecule has 0 saturated carbocycles. The molecule has 0 saturated heterocycles. The fourth-order valence-corrected chi connectivity index (χ4v) is 1.42. The minimum Gasteiger partial charge on any atom is -0.463 e. The fourth-order valence-electron chi connectivity index (χ4n) is 1.42.